The van der Waals surface area contributed by atoms with E-state index in [1.165, 1.54) is 0 Å². The first kappa shape index (κ1) is 15.3. The highest BCUT2D eigenvalue weighted by Crippen LogP contribution is 2.32. The van der Waals surface area contributed by atoms with Crippen LogP contribution in [0.15, 0.2) is 17.0 Å². The Labute approximate surface area is 105 Å². The van der Waals surface area contributed by atoms with Crippen LogP contribution >= 0.6 is 0 Å². The quantitative estimate of drug-likeness (QED) is 0.399. The van der Waals surface area contributed by atoms with Gasteiger partial charge in [-0.1, -0.05) is 0 Å². The Morgan fingerprint density at radius 3 is 2.42 bits per heavy atom. The molecule has 1 unspecified atom stereocenters. The summed E-state index contributed by atoms with van der Waals surface area (Å²) in [6.07, 6.45) is -4.76. The van der Waals surface area contributed by atoms with Crippen LogP contribution < -0.4 is 4.74 Å². The number of hydrogen-bond donors (Lipinski definition) is 1. The molecule has 11 heteroatoms. The lowest BCUT2D eigenvalue weighted by Crippen LogP contribution is -2.19. The minimum Gasteiger partial charge on any atom is -0.477 e. The van der Waals surface area contributed by atoms with Gasteiger partial charge in [-0.2, -0.15) is 13.2 Å². The largest absolute Gasteiger partial charge is 0.477 e. The molecule has 6 nitrogen and oxygen atoms in total. The Morgan fingerprint density at radius 1 is 1.42 bits per heavy atom. The second kappa shape index (κ2) is 5.48. The summed E-state index contributed by atoms with van der Waals surface area (Å²) in [7, 11) is 0. The maximum absolute atomic E-state index is 13.2. The number of benzene rings is 1. The number of hydrogen-bond acceptors (Lipinski definition) is 4. The average molecular weight is 303 g/mol. The van der Waals surface area contributed by atoms with E-state index in [1.54, 1.807) is 0 Å². The van der Waals surface area contributed by atoms with Crippen molar-refractivity contribution >= 4 is 16.8 Å². The summed E-state index contributed by atoms with van der Waals surface area (Å²) in [6, 6.07) is 0.602. The monoisotopic (exact) mass is 303 g/mol. The van der Waals surface area contributed by atoms with Crippen LogP contribution in [0.5, 0.6) is 5.75 Å². The molecule has 1 rings (SSSR count). The van der Waals surface area contributed by atoms with Crippen molar-refractivity contribution in [2.24, 2.45) is 0 Å². The van der Waals surface area contributed by atoms with Gasteiger partial charge in [0.25, 0.3) is 0 Å². The first-order valence-electron chi connectivity index (χ1n) is 4.40. The molecule has 106 valence electrons. The molecular formula is C8H5F4NO5S. The van der Waals surface area contributed by atoms with Crippen molar-refractivity contribution in [3.05, 3.63) is 28.1 Å². The average Bonchev–Trinajstić information content (AvgIpc) is 2.24. The minimum absolute atomic E-state index is 0.257. The summed E-state index contributed by atoms with van der Waals surface area (Å²) in [4.78, 5) is 8.50. The SMILES string of the molecule is O=[N+]([O-])c1cc(S(=O)O)c(F)cc1OCC(F)(F)F. The number of ether oxygens (including phenoxy) is 1. The fourth-order valence-electron chi connectivity index (χ4n) is 1.08. The molecule has 0 amide bonds. The maximum Gasteiger partial charge on any atom is 0.422 e. The minimum atomic E-state index is -4.76. The third-order valence-electron chi connectivity index (χ3n) is 1.79. The van der Waals surface area contributed by atoms with Crippen LogP contribution in [0.25, 0.3) is 0 Å². The lowest BCUT2D eigenvalue weighted by molar-refractivity contribution is -0.386. The van der Waals surface area contributed by atoms with Gasteiger partial charge in [0.1, 0.15) is 10.7 Å². The molecule has 0 aliphatic carbocycles. The molecule has 19 heavy (non-hydrogen) atoms. The smallest absolute Gasteiger partial charge is 0.422 e. The fraction of sp³-hybridized carbons (Fsp3) is 0.250. The highest BCUT2D eigenvalue weighted by Gasteiger charge is 2.31. The molecular weight excluding hydrogens is 298 g/mol. The summed E-state index contributed by atoms with van der Waals surface area (Å²) in [5.41, 5.74) is -1.04. The molecule has 0 aliphatic rings. The summed E-state index contributed by atoms with van der Waals surface area (Å²) in [5.74, 6) is -2.36. The zero-order valence-corrected chi connectivity index (χ0v) is 9.63. The Bertz CT molecular complexity index is 533. The van der Waals surface area contributed by atoms with Gasteiger partial charge in [-0.05, 0) is 0 Å². The highest BCUT2D eigenvalue weighted by atomic mass is 32.2. The molecule has 1 atom stereocenters. The molecule has 0 spiro atoms. The third kappa shape index (κ3) is 4.13. The Balaban J connectivity index is 3.20. The number of nitro benzene ring substituents is 1. The number of rotatable bonds is 4. The van der Waals surface area contributed by atoms with Crippen LogP contribution in [-0.4, -0.2) is 26.5 Å². The van der Waals surface area contributed by atoms with Crippen molar-refractivity contribution in [1.29, 1.82) is 0 Å². The highest BCUT2D eigenvalue weighted by molar-refractivity contribution is 7.79. The maximum atomic E-state index is 13.2. The summed E-state index contributed by atoms with van der Waals surface area (Å²) in [6.45, 7) is -1.85. The first-order valence-corrected chi connectivity index (χ1v) is 5.51. The van der Waals surface area contributed by atoms with Crippen LogP contribution in [0, 0.1) is 15.9 Å². The normalized spacial score (nSPS) is 13.1. The second-order valence-corrected chi connectivity index (χ2v) is 4.10. The molecule has 1 N–H and O–H groups in total. The van der Waals surface area contributed by atoms with Crippen LogP contribution in [-0.2, 0) is 11.1 Å². The summed E-state index contributed by atoms with van der Waals surface area (Å²) < 4.78 is 72.3. The van der Waals surface area contributed by atoms with E-state index in [0.717, 1.165) is 0 Å². The van der Waals surface area contributed by atoms with Gasteiger partial charge in [0.05, 0.1) is 4.92 Å². The molecule has 1 aromatic rings. The van der Waals surface area contributed by atoms with E-state index in [0.29, 0.717) is 6.07 Å². The van der Waals surface area contributed by atoms with E-state index in [1.807, 2.05) is 0 Å². The van der Waals surface area contributed by atoms with E-state index < -0.39 is 50.9 Å². The van der Waals surface area contributed by atoms with E-state index in [9.17, 15) is 31.9 Å². The molecule has 0 heterocycles. The number of nitrogens with zero attached hydrogens (tertiary/aromatic N) is 1. The molecule has 0 saturated carbocycles. The lowest BCUT2D eigenvalue weighted by atomic mass is 10.3. The van der Waals surface area contributed by atoms with Gasteiger partial charge in [-0.15, -0.1) is 0 Å². The van der Waals surface area contributed by atoms with E-state index in [4.69, 9.17) is 4.55 Å². The predicted molar refractivity (Wildman–Crippen MR) is 53.6 cm³/mol. The van der Waals surface area contributed by atoms with Crippen molar-refractivity contribution in [3.8, 4) is 5.75 Å². The molecule has 1 aromatic carbocycles. The number of halogens is 4. The van der Waals surface area contributed by atoms with Crippen molar-refractivity contribution < 1.29 is 36.0 Å². The van der Waals surface area contributed by atoms with Gasteiger partial charge >= 0.3 is 11.9 Å². The zero-order valence-electron chi connectivity index (χ0n) is 8.81. The zero-order chi connectivity index (χ0) is 14.8. The van der Waals surface area contributed by atoms with Crippen molar-refractivity contribution in [2.75, 3.05) is 6.61 Å². The van der Waals surface area contributed by atoms with E-state index in [-0.39, 0.29) is 6.07 Å². The van der Waals surface area contributed by atoms with Gasteiger partial charge in [0.15, 0.2) is 23.4 Å². The molecule has 0 fully saturated rings. The molecule has 0 bridgehead atoms. The fourth-order valence-corrected chi connectivity index (χ4v) is 1.51. The van der Waals surface area contributed by atoms with Crippen molar-refractivity contribution in [3.63, 3.8) is 0 Å². The van der Waals surface area contributed by atoms with E-state index >= 15 is 0 Å². The number of alkyl halides is 3. The lowest BCUT2D eigenvalue weighted by Gasteiger charge is -2.10. The predicted octanol–water partition coefficient (Wildman–Crippen LogP) is 2.26. The van der Waals surface area contributed by atoms with Gasteiger partial charge in [0, 0.05) is 12.1 Å². The first-order chi connectivity index (χ1) is 8.61. The third-order valence-corrected chi connectivity index (χ3v) is 2.48. The summed E-state index contributed by atoms with van der Waals surface area (Å²) >= 11 is -2.85. The van der Waals surface area contributed by atoms with Gasteiger partial charge in [0.2, 0.25) is 0 Å². The molecule has 0 aromatic heterocycles. The molecule has 0 saturated heterocycles. The van der Waals surface area contributed by atoms with Crippen LogP contribution in [0.3, 0.4) is 0 Å². The standard InChI is InChI=1S/C8H5F4NO5S/c9-4-1-6(18-3-8(10,11)12)5(13(14)15)2-7(4)19(16)17/h1-2H,3H2,(H,16,17). The second-order valence-electron chi connectivity index (χ2n) is 3.16. The van der Waals surface area contributed by atoms with E-state index in [2.05, 4.69) is 4.74 Å². The topological polar surface area (TPSA) is 89.7 Å². The molecule has 0 radical (unpaired) electrons. The summed E-state index contributed by atoms with van der Waals surface area (Å²) in [5, 5.41) is 10.6. The Hall–Kier alpha value is -1.75. The van der Waals surface area contributed by atoms with Crippen molar-refractivity contribution in [1.82, 2.24) is 0 Å². The Morgan fingerprint density at radius 2 is 2.00 bits per heavy atom. The van der Waals surface area contributed by atoms with Gasteiger partial charge in [-0.3, -0.25) is 10.1 Å². The van der Waals surface area contributed by atoms with Crippen LogP contribution in [0.2, 0.25) is 0 Å². The van der Waals surface area contributed by atoms with Crippen molar-refractivity contribution in [2.45, 2.75) is 11.1 Å². The van der Waals surface area contributed by atoms with Gasteiger partial charge in [-0.25, -0.2) is 8.60 Å². The Kier molecular flexibility index (Phi) is 4.42. The van der Waals surface area contributed by atoms with Crippen LogP contribution in [0.1, 0.15) is 0 Å². The molecule has 0 aliphatic heterocycles. The van der Waals surface area contributed by atoms with Gasteiger partial charge < -0.3 is 9.29 Å². The van der Waals surface area contributed by atoms with Crippen LogP contribution in [0.4, 0.5) is 23.2 Å². The number of nitro groups is 1.